The molecule has 1 aromatic carbocycles. The summed E-state index contributed by atoms with van der Waals surface area (Å²) in [4.78, 5) is 18.0. The molecule has 11 heteroatoms. The number of anilines is 3. The molecular weight excluding hydrogens is 476 g/mol. The topological polar surface area (TPSA) is 82.6 Å². The van der Waals surface area contributed by atoms with Gasteiger partial charge in [-0.25, -0.2) is 13.5 Å². The van der Waals surface area contributed by atoms with Crippen LogP contribution in [0.15, 0.2) is 36.5 Å². The van der Waals surface area contributed by atoms with Crippen molar-refractivity contribution in [2.24, 2.45) is 0 Å². The quantitative estimate of drug-likeness (QED) is 0.543. The Morgan fingerprint density at radius 2 is 1.57 bits per heavy atom. The maximum absolute atomic E-state index is 13.6. The van der Waals surface area contributed by atoms with Crippen LogP contribution in [0.25, 0.3) is 12.0 Å². The zero-order valence-electron chi connectivity index (χ0n) is 21.3. The average molecular weight is 510 g/mol. The molecule has 0 unspecified atom stereocenters. The second kappa shape index (κ2) is 10.8. The summed E-state index contributed by atoms with van der Waals surface area (Å²) in [6, 6.07) is 5.49. The molecule has 2 aromatic heterocycles. The van der Waals surface area contributed by atoms with Crippen LogP contribution in [0.5, 0.6) is 0 Å². The van der Waals surface area contributed by atoms with Crippen molar-refractivity contribution >= 4 is 23.4 Å². The van der Waals surface area contributed by atoms with E-state index in [2.05, 4.69) is 44.0 Å². The van der Waals surface area contributed by atoms with E-state index in [0.717, 1.165) is 82.0 Å². The van der Waals surface area contributed by atoms with E-state index in [9.17, 15) is 8.78 Å². The number of piperazine rings is 2. The van der Waals surface area contributed by atoms with Crippen molar-refractivity contribution in [3.63, 3.8) is 0 Å². The minimum Gasteiger partial charge on any atom is -0.383 e. The highest BCUT2D eigenvalue weighted by atomic mass is 19.1. The lowest BCUT2D eigenvalue weighted by molar-refractivity contribution is 0.284. The van der Waals surface area contributed by atoms with Gasteiger partial charge in [0.2, 0.25) is 0 Å². The molecule has 0 aliphatic carbocycles. The molecule has 2 fully saturated rings. The summed E-state index contributed by atoms with van der Waals surface area (Å²) < 4.78 is 28.8. The monoisotopic (exact) mass is 509 g/mol. The Morgan fingerprint density at radius 3 is 2.27 bits per heavy atom. The molecule has 0 atom stereocenters. The zero-order valence-corrected chi connectivity index (χ0v) is 21.3. The molecule has 0 bridgehead atoms. The van der Waals surface area contributed by atoms with Crippen molar-refractivity contribution in [1.29, 1.82) is 0 Å². The lowest BCUT2D eigenvalue weighted by atomic mass is 10.2. The molecule has 2 N–H and O–H groups in total. The van der Waals surface area contributed by atoms with E-state index in [0.29, 0.717) is 17.5 Å². The van der Waals surface area contributed by atoms with Crippen LogP contribution in [0.1, 0.15) is 11.3 Å². The Bertz CT molecular complexity index is 1240. The van der Waals surface area contributed by atoms with Crippen LogP contribution < -0.4 is 15.5 Å². The minimum atomic E-state index is -0.546. The van der Waals surface area contributed by atoms with Crippen LogP contribution in [-0.4, -0.2) is 95.5 Å². The standard InChI is InChI=1S/C26H33F2N9/c1-19-20(4-3-5-34-8-12-35(13-9-34)23-15-21(27)14-22(28)16-23)18-30-37(19)26-31-24(29)17-25(32-26)36-10-6-33(2)7-11-36/h3-4,14-18H,5-13H2,1-2H3,(H2,29,31,32)/b4-3+. The lowest BCUT2D eigenvalue weighted by Gasteiger charge is -2.35. The van der Waals surface area contributed by atoms with E-state index >= 15 is 0 Å². The summed E-state index contributed by atoms with van der Waals surface area (Å²) in [6.07, 6.45) is 5.98. The number of rotatable bonds is 6. The molecular formula is C26H33F2N9. The summed E-state index contributed by atoms with van der Waals surface area (Å²) in [5.74, 6) is 0.621. The van der Waals surface area contributed by atoms with Gasteiger partial charge in [0.1, 0.15) is 23.3 Å². The second-order valence-electron chi connectivity index (χ2n) is 9.66. The molecule has 0 amide bonds. The normalized spacial score (nSPS) is 17.7. The van der Waals surface area contributed by atoms with Crippen LogP contribution in [0, 0.1) is 18.6 Å². The predicted molar refractivity (Wildman–Crippen MR) is 142 cm³/mol. The van der Waals surface area contributed by atoms with E-state index in [4.69, 9.17) is 10.7 Å². The highest BCUT2D eigenvalue weighted by Crippen LogP contribution is 2.21. The summed E-state index contributed by atoms with van der Waals surface area (Å²) >= 11 is 0. The van der Waals surface area contributed by atoms with Gasteiger partial charge in [-0.2, -0.15) is 15.1 Å². The number of nitrogens with two attached hydrogens (primary N) is 1. The number of nitrogens with zero attached hydrogens (tertiary/aromatic N) is 8. The summed E-state index contributed by atoms with van der Waals surface area (Å²) in [6.45, 7) is 9.58. The summed E-state index contributed by atoms with van der Waals surface area (Å²) in [5.41, 5.74) is 8.64. The van der Waals surface area contributed by atoms with Crippen molar-refractivity contribution in [2.75, 3.05) is 81.5 Å². The zero-order chi connectivity index (χ0) is 25.9. The first-order valence-corrected chi connectivity index (χ1v) is 12.6. The molecule has 37 heavy (non-hydrogen) atoms. The molecule has 2 saturated heterocycles. The van der Waals surface area contributed by atoms with Crippen LogP contribution in [0.3, 0.4) is 0 Å². The molecule has 2 aliphatic heterocycles. The van der Waals surface area contributed by atoms with E-state index in [1.807, 2.05) is 24.1 Å². The lowest BCUT2D eigenvalue weighted by Crippen LogP contribution is -2.46. The van der Waals surface area contributed by atoms with E-state index in [1.54, 1.807) is 4.68 Å². The maximum atomic E-state index is 13.6. The van der Waals surface area contributed by atoms with Gasteiger partial charge < -0.3 is 20.4 Å². The molecule has 0 saturated carbocycles. The van der Waals surface area contributed by atoms with Gasteiger partial charge in [0.05, 0.1) is 11.9 Å². The molecule has 0 spiro atoms. The van der Waals surface area contributed by atoms with Gasteiger partial charge in [-0.1, -0.05) is 12.2 Å². The average Bonchev–Trinajstić information content (AvgIpc) is 3.24. The Labute approximate surface area is 215 Å². The first kappa shape index (κ1) is 25.1. The van der Waals surface area contributed by atoms with Crippen LogP contribution >= 0.6 is 0 Å². The van der Waals surface area contributed by atoms with Gasteiger partial charge >= 0.3 is 0 Å². The molecule has 9 nitrogen and oxygen atoms in total. The van der Waals surface area contributed by atoms with Crippen molar-refractivity contribution in [3.05, 3.63) is 59.4 Å². The molecule has 2 aliphatic rings. The SMILES string of the molecule is Cc1c(/C=C/CN2CCN(c3cc(F)cc(F)c3)CC2)cnn1-c1nc(N)cc(N2CCN(C)CC2)n1. The highest BCUT2D eigenvalue weighted by Gasteiger charge is 2.19. The number of halogens is 2. The van der Waals surface area contributed by atoms with Crippen LogP contribution in [0.4, 0.5) is 26.1 Å². The fourth-order valence-electron chi connectivity index (χ4n) is 4.76. The number of nitrogen functional groups attached to an aromatic ring is 1. The Kier molecular flexibility index (Phi) is 7.33. The van der Waals surface area contributed by atoms with Gasteiger partial charge in [0, 0.05) is 82.3 Å². The van der Waals surface area contributed by atoms with Gasteiger partial charge in [0.25, 0.3) is 5.95 Å². The van der Waals surface area contributed by atoms with E-state index in [1.165, 1.54) is 12.1 Å². The highest BCUT2D eigenvalue weighted by molar-refractivity contribution is 5.54. The van der Waals surface area contributed by atoms with Gasteiger partial charge in [0.15, 0.2) is 0 Å². The Balaban J connectivity index is 1.20. The van der Waals surface area contributed by atoms with E-state index < -0.39 is 11.6 Å². The smallest absolute Gasteiger partial charge is 0.254 e. The maximum Gasteiger partial charge on any atom is 0.254 e. The largest absolute Gasteiger partial charge is 0.383 e. The van der Waals surface area contributed by atoms with Gasteiger partial charge in [-0.3, -0.25) is 4.90 Å². The number of hydrogen-bond donors (Lipinski definition) is 1. The van der Waals surface area contributed by atoms with Gasteiger partial charge in [-0.15, -0.1) is 0 Å². The second-order valence-corrected chi connectivity index (χ2v) is 9.66. The van der Waals surface area contributed by atoms with Crippen molar-refractivity contribution < 1.29 is 8.78 Å². The minimum absolute atomic E-state index is 0.422. The van der Waals surface area contributed by atoms with E-state index in [-0.39, 0.29) is 0 Å². The van der Waals surface area contributed by atoms with Crippen LogP contribution in [0.2, 0.25) is 0 Å². The molecule has 5 rings (SSSR count). The molecule has 196 valence electrons. The third-order valence-electron chi connectivity index (χ3n) is 7.03. The molecule has 3 aromatic rings. The predicted octanol–water partition coefficient (Wildman–Crippen LogP) is 2.42. The first-order valence-electron chi connectivity index (χ1n) is 12.6. The Hall–Kier alpha value is -3.57. The van der Waals surface area contributed by atoms with Crippen molar-refractivity contribution in [1.82, 2.24) is 29.5 Å². The van der Waals surface area contributed by atoms with Crippen molar-refractivity contribution in [3.8, 4) is 5.95 Å². The third-order valence-corrected chi connectivity index (χ3v) is 7.03. The third kappa shape index (κ3) is 5.89. The first-order chi connectivity index (χ1) is 17.9. The fraction of sp³-hybridized carbons (Fsp3) is 0.423. The number of benzene rings is 1. The number of aromatic nitrogens is 4. The Morgan fingerprint density at radius 1 is 0.892 bits per heavy atom. The molecule has 4 heterocycles. The van der Waals surface area contributed by atoms with Gasteiger partial charge in [-0.05, 0) is 26.1 Å². The summed E-state index contributed by atoms with van der Waals surface area (Å²) in [7, 11) is 2.12. The number of hydrogen-bond acceptors (Lipinski definition) is 8. The number of likely N-dealkylation sites (N-methyl/N-ethyl adjacent to an activating group) is 1. The fourth-order valence-corrected chi connectivity index (χ4v) is 4.76. The summed E-state index contributed by atoms with van der Waals surface area (Å²) in [5, 5.41) is 4.53. The van der Waals surface area contributed by atoms with Crippen molar-refractivity contribution in [2.45, 2.75) is 6.92 Å². The van der Waals surface area contributed by atoms with Crippen LogP contribution in [-0.2, 0) is 0 Å². The molecule has 0 radical (unpaired) electrons.